The molecule has 1 rings (SSSR count). The van der Waals surface area contributed by atoms with Gasteiger partial charge in [0, 0.05) is 45.4 Å². The number of hydrogen-bond acceptors (Lipinski definition) is 3. The van der Waals surface area contributed by atoms with Crippen LogP contribution in [0, 0.1) is 5.92 Å². The average Bonchev–Trinajstić information content (AvgIpc) is 2.01. The van der Waals surface area contributed by atoms with Gasteiger partial charge in [-0.15, -0.1) is 0 Å². The highest BCUT2D eigenvalue weighted by molar-refractivity contribution is 4.81. The predicted molar refractivity (Wildman–Crippen MR) is 59.5 cm³/mol. The van der Waals surface area contributed by atoms with Crippen LogP contribution in [0.15, 0.2) is 0 Å². The number of rotatable bonds is 4. The lowest BCUT2D eigenvalue weighted by Gasteiger charge is -2.37. The minimum atomic E-state index is 0.619. The summed E-state index contributed by atoms with van der Waals surface area (Å²) in [6, 6.07) is 1.24. The number of ether oxygens (including phenoxy) is 1. The van der Waals surface area contributed by atoms with Crippen molar-refractivity contribution in [3.63, 3.8) is 0 Å². The highest BCUT2D eigenvalue weighted by Gasteiger charge is 2.21. The van der Waals surface area contributed by atoms with Crippen LogP contribution in [0.25, 0.3) is 0 Å². The lowest BCUT2D eigenvalue weighted by molar-refractivity contribution is 0.105. The highest BCUT2D eigenvalue weighted by Crippen LogP contribution is 2.07. The van der Waals surface area contributed by atoms with Gasteiger partial charge in [-0.2, -0.15) is 0 Å². The van der Waals surface area contributed by atoms with E-state index in [0.29, 0.717) is 18.0 Å². The third-order valence-electron chi connectivity index (χ3n) is 2.65. The smallest absolute Gasteiger partial charge is 0.0500 e. The van der Waals surface area contributed by atoms with Gasteiger partial charge in [-0.05, 0) is 19.8 Å². The van der Waals surface area contributed by atoms with E-state index in [1.54, 1.807) is 7.11 Å². The van der Waals surface area contributed by atoms with E-state index in [-0.39, 0.29) is 0 Å². The summed E-state index contributed by atoms with van der Waals surface area (Å²) in [5.41, 5.74) is 0. The van der Waals surface area contributed by atoms with Crippen molar-refractivity contribution < 1.29 is 4.74 Å². The SMILES string of the molecule is COCC(C)CN1CC(C)NC(C)C1. The molecular weight excluding hydrogens is 176 g/mol. The van der Waals surface area contributed by atoms with E-state index in [4.69, 9.17) is 4.74 Å². The number of nitrogens with one attached hydrogen (secondary N) is 1. The number of methoxy groups -OCH3 is 1. The van der Waals surface area contributed by atoms with Crippen molar-refractivity contribution in [1.82, 2.24) is 10.2 Å². The second kappa shape index (κ2) is 5.69. The molecule has 1 saturated heterocycles. The lowest BCUT2D eigenvalue weighted by atomic mass is 10.1. The van der Waals surface area contributed by atoms with Crippen molar-refractivity contribution in [2.45, 2.75) is 32.9 Å². The molecule has 1 N–H and O–H groups in total. The van der Waals surface area contributed by atoms with Gasteiger partial charge in [0.25, 0.3) is 0 Å². The second-order valence-electron chi connectivity index (χ2n) is 4.75. The van der Waals surface area contributed by atoms with Gasteiger partial charge in [0.15, 0.2) is 0 Å². The van der Waals surface area contributed by atoms with Gasteiger partial charge in [-0.25, -0.2) is 0 Å². The monoisotopic (exact) mass is 200 g/mol. The van der Waals surface area contributed by atoms with Gasteiger partial charge in [0.2, 0.25) is 0 Å². The first-order valence-electron chi connectivity index (χ1n) is 5.59. The Labute approximate surface area is 87.8 Å². The van der Waals surface area contributed by atoms with Crippen LogP contribution in [0.4, 0.5) is 0 Å². The molecule has 3 atom stereocenters. The zero-order chi connectivity index (χ0) is 10.6. The Bertz CT molecular complexity index is 153. The third-order valence-corrected chi connectivity index (χ3v) is 2.65. The van der Waals surface area contributed by atoms with Gasteiger partial charge < -0.3 is 10.1 Å². The summed E-state index contributed by atoms with van der Waals surface area (Å²) in [5, 5.41) is 3.54. The van der Waals surface area contributed by atoms with Crippen molar-refractivity contribution in [3.8, 4) is 0 Å². The summed E-state index contributed by atoms with van der Waals surface area (Å²) >= 11 is 0. The van der Waals surface area contributed by atoms with Crippen LogP contribution in [0.3, 0.4) is 0 Å². The molecule has 0 amide bonds. The topological polar surface area (TPSA) is 24.5 Å². The van der Waals surface area contributed by atoms with E-state index < -0.39 is 0 Å². The fraction of sp³-hybridized carbons (Fsp3) is 1.00. The van der Waals surface area contributed by atoms with Crippen LogP contribution in [0.5, 0.6) is 0 Å². The summed E-state index contributed by atoms with van der Waals surface area (Å²) in [6.45, 7) is 11.1. The maximum atomic E-state index is 5.16. The van der Waals surface area contributed by atoms with Gasteiger partial charge in [-0.3, -0.25) is 4.90 Å². The van der Waals surface area contributed by atoms with Gasteiger partial charge in [0.1, 0.15) is 0 Å². The highest BCUT2D eigenvalue weighted by atomic mass is 16.5. The average molecular weight is 200 g/mol. The molecule has 0 aromatic carbocycles. The van der Waals surface area contributed by atoms with Crippen LogP contribution in [0.1, 0.15) is 20.8 Å². The van der Waals surface area contributed by atoms with E-state index in [2.05, 4.69) is 31.0 Å². The first-order valence-corrected chi connectivity index (χ1v) is 5.59. The molecule has 3 nitrogen and oxygen atoms in total. The first-order chi connectivity index (χ1) is 6.61. The molecule has 0 radical (unpaired) electrons. The first kappa shape index (κ1) is 12.0. The van der Waals surface area contributed by atoms with Crippen molar-refractivity contribution >= 4 is 0 Å². The summed E-state index contributed by atoms with van der Waals surface area (Å²) in [6.07, 6.45) is 0. The molecule has 0 aliphatic carbocycles. The molecule has 0 aromatic heterocycles. The Hall–Kier alpha value is -0.120. The summed E-state index contributed by atoms with van der Waals surface area (Å²) < 4.78 is 5.16. The van der Waals surface area contributed by atoms with Gasteiger partial charge in [-0.1, -0.05) is 6.92 Å². The van der Waals surface area contributed by atoms with Crippen molar-refractivity contribution in [3.05, 3.63) is 0 Å². The Morgan fingerprint density at radius 3 is 2.43 bits per heavy atom. The molecule has 84 valence electrons. The molecule has 0 bridgehead atoms. The standard InChI is InChI=1S/C11H24N2O/c1-9(8-14-4)5-13-6-10(2)12-11(3)7-13/h9-12H,5-8H2,1-4H3. The molecule has 0 saturated carbocycles. The molecule has 0 aromatic rings. The van der Waals surface area contributed by atoms with E-state index in [9.17, 15) is 0 Å². The van der Waals surface area contributed by atoms with Gasteiger partial charge >= 0.3 is 0 Å². The largest absolute Gasteiger partial charge is 0.384 e. The quantitative estimate of drug-likeness (QED) is 0.731. The fourth-order valence-corrected chi connectivity index (χ4v) is 2.37. The molecular formula is C11H24N2O. The van der Waals surface area contributed by atoms with Crippen molar-refractivity contribution in [2.24, 2.45) is 5.92 Å². The molecule has 1 fully saturated rings. The maximum absolute atomic E-state index is 5.16. The maximum Gasteiger partial charge on any atom is 0.0500 e. The zero-order valence-electron chi connectivity index (χ0n) is 9.92. The molecule has 3 heteroatoms. The normalized spacial score (nSPS) is 31.7. The van der Waals surface area contributed by atoms with E-state index in [1.807, 2.05) is 0 Å². The van der Waals surface area contributed by atoms with Crippen LogP contribution in [-0.4, -0.2) is 50.3 Å². The lowest BCUT2D eigenvalue weighted by Crippen LogP contribution is -2.55. The van der Waals surface area contributed by atoms with Crippen LogP contribution in [-0.2, 0) is 4.74 Å². The Kier molecular flexibility index (Phi) is 4.85. The molecule has 14 heavy (non-hydrogen) atoms. The van der Waals surface area contributed by atoms with Gasteiger partial charge in [0.05, 0.1) is 0 Å². The zero-order valence-corrected chi connectivity index (χ0v) is 9.92. The second-order valence-corrected chi connectivity index (χ2v) is 4.75. The summed E-state index contributed by atoms with van der Waals surface area (Å²) in [4.78, 5) is 2.54. The van der Waals surface area contributed by atoms with E-state index >= 15 is 0 Å². The van der Waals surface area contributed by atoms with Crippen molar-refractivity contribution in [1.29, 1.82) is 0 Å². The number of nitrogens with zero attached hydrogens (tertiary/aromatic N) is 1. The molecule has 1 heterocycles. The molecule has 3 unspecified atom stereocenters. The molecule has 1 aliphatic rings. The number of hydrogen-bond donors (Lipinski definition) is 1. The Balaban J connectivity index is 2.29. The predicted octanol–water partition coefficient (Wildman–Crippen LogP) is 0.951. The van der Waals surface area contributed by atoms with Crippen molar-refractivity contribution in [2.75, 3.05) is 33.4 Å². The Morgan fingerprint density at radius 2 is 1.93 bits per heavy atom. The summed E-state index contributed by atoms with van der Waals surface area (Å²) in [5.74, 6) is 0.637. The summed E-state index contributed by atoms with van der Waals surface area (Å²) in [7, 11) is 1.78. The third kappa shape index (κ3) is 3.95. The minimum absolute atomic E-state index is 0.619. The van der Waals surface area contributed by atoms with Crippen LogP contribution < -0.4 is 5.32 Å². The van der Waals surface area contributed by atoms with E-state index in [0.717, 1.165) is 13.2 Å². The molecule has 1 aliphatic heterocycles. The van der Waals surface area contributed by atoms with Crippen LogP contribution >= 0.6 is 0 Å². The molecule has 0 spiro atoms. The van der Waals surface area contributed by atoms with Crippen LogP contribution in [0.2, 0.25) is 0 Å². The number of piperazine rings is 1. The Morgan fingerprint density at radius 1 is 1.36 bits per heavy atom. The fourth-order valence-electron chi connectivity index (χ4n) is 2.37. The van der Waals surface area contributed by atoms with E-state index in [1.165, 1.54) is 13.1 Å². The minimum Gasteiger partial charge on any atom is -0.384 e.